The molecule has 2 atom stereocenters. The normalized spacial score (nSPS) is 15.4. The molecule has 0 radical (unpaired) electrons. The van der Waals surface area contributed by atoms with Gasteiger partial charge in [-0.05, 0) is 46.3 Å². The van der Waals surface area contributed by atoms with E-state index in [1.165, 1.54) is 0 Å². The fourth-order valence-electron chi connectivity index (χ4n) is 2.14. The summed E-state index contributed by atoms with van der Waals surface area (Å²) in [6.07, 6.45) is 4.45. The second-order valence-electron chi connectivity index (χ2n) is 5.62. The summed E-state index contributed by atoms with van der Waals surface area (Å²) >= 11 is 3.42. The lowest BCUT2D eigenvalue weighted by Crippen LogP contribution is -2.46. The molecule has 0 saturated carbocycles. The van der Waals surface area contributed by atoms with Crippen LogP contribution in [0.2, 0.25) is 0 Å². The Hall–Kier alpha value is -0.450. The van der Waals surface area contributed by atoms with E-state index in [9.17, 15) is 0 Å². The Morgan fingerprint density at radius 3 is 2.56 bits per heavy atom. The van der Waals surface area contributed by atoms with E-state index in [1.807, 2.05) is 13.1 Å². The second-order valence-corrected chi connectivity index (χ2v) is 6.54. The molecule has 1 heterocycles. The van der Waals surface area contributed by atoms with Gasteiger partial charge in [-0.3, -0.25) is 4.98 Å². The summed E-state index contributed by atoms with van der Waals surface area (Å²) in [4.78, 5) is 4.16. The van der Waals surface area contributed by atoms with Crippen molar-refractivity contribution in [2.45, 2.75) is 46.3 Å². The molecule has 102 valence electrons. The molecule has 1 aromatic rings. The number of pyridine rings is 1. The van der Waals surface area contributed by atoms with Gasteiger partial charge in [-0.15, -0.1) is 0 Å². The van der Waals surface area contributed by atoms with E-state index >= 15 is 0 Å². The first-order valence-corrected chi connectivity index (χ1v) is 7.10. The topological polar surface area (TPSA) is 48.1 Å². The number of aromatic nitrogens is 1. The van der Waals surface area contributed by atoms with Crippen molar-refractivity contribution in [1.29, 1.82) is 0 Å². The zero-order valence-electron chi connectivity index (χ0n) is 11.6. The molecule has 0 aliphatic rings. The lowest BCUT2D eigenvalue weighted by Gasteiger charge is -2.35. The summed E-state index contributed by atoms with van der Waals surface area (Å²) in [5, 5.41) is 0. The summed E-state index contributed by atoms with van der Waals surface area (Å²) in [5.74, 6) is 0. The fourth-order valence-corrected chi connectivity index (χ4v) is 2.55. The van der Waals surface area contributed by atoms with Crippen LogP contribution in [0.5, 0.6) is 0 Å². The van der Waals surface area contributed by atoms with Gasteiger partial charge in [0.1, 0.15) is 0 Å². The average Bonchev–Trinajstić information content (AvgIpc) is 2.24. The number of rotatable bonds is 5. The molecule has 0 aromatic carbocycles. The molecule has 2 unspecified atom stereocenters. The summed E-state index contributed by atoms with van der Waals surface area (Å²) < 4.78 is 6.80. The minimum absolute atomic E-state index is 0.0268. The number of nitrogens with zero attached hydrogens (tertiary/aromatic N) is 1. The van der Waals surface area contributed by atoms with E-state index in [0.717, 1.165) is 16.5 Å². The van der Waals surface area contributed by atoms with Crippen LogP contribution >= 0.6 is 15.9 Å². The number of hydrogen-bond acceptors (Lipinski definition) is 3. The van der Waals surface area contributed by atoms with Crippen LogP contribution < -0.4 is 5.73 Å². The number of halogens is 1. The smallest absolute Gasteiger partial charge is 0.0777 e. The number of ether oxygens (including phenoxy) is 1. The third kappa shape index (κ3) is 4.67. The predicted molar refractivity (Wildman–Crippen MR) is 78.5 cm³/mol. The average molecular weight is 315 g/mol. The van der Waals surface area contributed by atoms with Gasteiger partial charge < -0.3 is 10.5 Å². The molecule has 0 aliphatic carbocycles. The summed E-state index contributed by atoms with van der Waals surface area (Å²) in [7, 11) is 0. The standard InChI is InChI=1S/C14H23BrN2O/c1-5-18-13(14(2,3)4)12(16)7-10-6-11(15)9-17-8-10/h6,8-9,12-13H,5,7,16H2,1-4H3. The van der Waals surface area contributed by atoms with Crippen molar-refractivity contribution in [3.05, 3.63) is 28.5 Å². The molecule has 0 spiro atoms. The molecule has 2 N–H and O–H groups in total. The lowest BCUT2D eigenvalue weighted by molar-refractivity contribution is -0.0274. The SMILES string of the molecule is CCOC(C(N)Cc1cncc(Br)c1)C(C)(C)C. The van der Waals surface area contributed by atoms with E-state index in [1.54, 1.807) is 6.20 Å². The van der Waals surface area contributed by atoms with Crippen molar-refractivity contribution in [2.75, 3.05) is 6.61 Å². The maximum Gasteiger partial charge on any atom is 0.0777 e. The van der Waals surface area contributed by atoms with Gasteiger partial charge in [0.15, 0.2) is 0 Å². The minimum Gasteiger partial charge on any atom is -0.376 e. The first kappa shape index (κ1) is 15.6. The van der Waals surface area contributed by atoms with Gasteiger partial charge in [0, 0.05) is 29.5 Å². The quantitative estimate of drug-likeness (QED) is 0.908. The Kier molecular flexibility index (Phi) is 5.76. The van der Waals surface area contributed by atoms with Crippen molar-refractivity contribution < 1.29 is 4.74 Å². The highest BCUT2D eigenvalue weighted by Gasteiger charge is 2.30. The summed E-state index contributed by atoms with van der Waals surface area (Å²) in [6.45, 7) is 9.17. The first-order valence-electron chi connectivity index (χ1n) is 6.31. The Balaban J connectivity index is 2.75. The van der Waals surface area contributed by atoms with Crippen LogP contribution in [0.15, 0.2) is 22.9 Å². The summed E-state index contributed by atoms with van der Waals surface area (Å²) in [5.41, 5.74) is 7.47. The van der Waals surface area contributed by atoms with Crippen molar-refractivity contribution in [1.82, 2.24) is 4.98 Å². The molecule has 0 saturated heterocycles. The van der Waals surface area contributed by atoms with E-state index in [0.29, 0.717) is 6.61 Å². The van der Waals surface area contributed by atoms with Crippen LogP contribution in [0.25, 0.3) is 0 Å². The Labute approximate surface area is 118 Å². The van der Waals surface area contributed by atoms with Gasteiger partial charge >= 0.3 is 0 Å². The van der Waals surface area contributed by atoms with E-state index in [-0.39, 0.29) is 17.6 Å². The zero-order valence-corrected chi connectivity index (χ0v) is 13.2. The van der Waals surface area contributed by atoms with E-state index in [4.69, 9.17) is 10.5 Å². The van der Waals surface area contributed by atoms with Crippen LogP contribution in [0.3, 0.4) is 0 Å². The Bertz CT molecular complexity index is 376. The fraction of sp³-hybridized carbons (Fsp3) is 0.643. The molecule has 1 aromatic heterocycles. The molecule has 4 heteroatoms. The molecule has 0 fully saturated rings. The van der Waals surface area contributed by atoms with Gasteiger partial charge in [-0.2, -0.15) is 0 Å². The largest absolute Gasteiger partial charge is 0.376 e. The van der Waals surface area contributed by atoms with Crippen LogP contribution in [0.1, 0.15) is 33.3 Å². The minimum atomic E-state index is -0.0268. The van der Waals surface area contributed by atoms with Gasteiger partial charge in [-0.25, -0.2) is 0 Å². The first-order chi connectivity index (χ1) is 8.34. The van der Waals surface area contributed by atoms with Gasteiger partial charge in [0.25, 0.3) is 0 Å². The van der Waals surface area contributed by atoms with Gasteiger partial charge in [-0.1, -0.05) is 20.8 Å². The lowest BCUT2D eigenvalue weighted by atomic mass is 9.83. The monoisotopic (exact) mass is 314 g/mol. The van der Waals surface area contributed by atoms with Crippen molar-refractivity contribution in [2.24, 2.45) is 11.1 Å². The molecule has 3 nitrogen and oxygen atoms in total. The molecule has 1 rings (SSSR count). The van der Waals surface area contributed by atoms with Crippen molar-refractivity contribution >= 4 is 15.9 Å². The van der Waals surface area contributed by atoms with Crippen molar-refractivity contribution in [3.63, 3.8) is 0 Å². The molecule has 0 amide bonds. The highest BCUT2D eigenvalue weighted by atomic mass is 79.9. The summed E-state index contributed by atoms with van der Waals surface area (Å²) in [6, 6.07) is 2.03. The highest BCUT2D eigenvalue weighted by Crippen LogP contribution is 2.26. The van der Waals surface area contributed by atoms with E-state index in [2.05, 4.69) is 47.8 Å². The van der Waals surface area contributed by atoms with Crippen LogP contribution in [0.4, 0.5) is 0 Å². The molecule has 18 heavy (non-hydrogen) atoms. The van der Waals surface area contributed by atoms with Crippen LogP contribution in [-0.4, -0.2) is 23.7 Å². The van der Waals surface area contributed by atoms with Gasteiger partial charge in [0.2, 0.25) is 0 Å². The maximum atomic E-state index is 6.30. The van der Waals surface area contributed by atoms with Crippen molar-refractivity contribution in [3.8, 4) is 0 Å². The number of nitrogens with two attached hydrogens (primary N) is 1. The molecular formula is C14H23BrN2O. The zero-order chi connectivity index (χ0) is 13.8. The Morgan fingerprint density at radius 1 is 1.39 bits per heavy atom. The van der Waals surface area contributed by atoms with Gasteiger partial charge in [0.05, 0.1) is 6.10 Å². The third-order valence-corrected chi connectivity index (χ3v) is 3.26. The third-order valence-electron chi connectivity index (χ3n) is 2.82. The maximum absolute atomic E-state index is 6.30. The second kappa shape index (κ2) is 6.64. The molecule has 0 bridgehead atoms. The molecule has 0 aliphatic heterocycles. The van der Waals surface area contributed by atoms with Crippen LogP contribution in [-0.2, 0) is 11.2 Å². The van der Waals surface area contributed by atoms with E-state index < -0.39 is 0 Å². The van der Waals surface area contributed by atoms with Crippen LogP contribution in [0, 0.1) is 5.41 Å². The number of hydrogen-bond donors (Lipinski definition) is 1. The molecular weight excluding hydrogens is 292 g/mol. The highest BCUT2D eigenvalue weighted by molar-refractivity contribution is 9.10. The predicted octanol–water partition coefficient (Wildman–Crippen LogP) is 3.17. The Morgan fingerprint density at radius 2 is 2.06 bits per heavy atom.